The Kier molecular flexibility index (Phi) is 5.20. The third kappa shape index (κ3) is 3.53. The van der Waals surface area contributed by atoms with Crippen molar-refractivity contribution in [2.24, 2.45) is 0 Å². The number of halogens is 4. The number of Topliss-reactive ketones (excluding diaryl/α,β-unsaturated/α-hetero) is 1. The van der Waals surface area contributed by atoms with Crippen LogP contribution in [0.25, 0.3) is 0 Å². The van der Waals surface area contributed by atoms with Crippen LogP contribution in [0.1, 0.15) is 23.2 Å². The molecule has 0 aliphatic carbocycles. The first-order valence-corrected chi connectivity index (χ1v) is 5.97. The van der Waals surface area contributed by atoms with E-state index >= 15 is 0 Å². The molecule has 0 N–H and O–H groups in total. The molecule has 15 heavy (non-hydrogen) atoms. The zero-order valence-corrected chi connectivity index (χ0v) is 10.7. The van der Waals surface area contributed by atoms with Gasteiger partial charge in [-0.3, -0.25) is 4.79 Å². The third-order valence-electron chi connectivity index (χ3n) is 1.82. The highest BCUT2D eigenvalue weighted by Gasteiger charge is 2.15. The molecule has 82 valence electrons. The summed E-state index contributed by atoms with van der Waals surface area (Å²) < 4.78 is 0. The SMILES string of the molecule is O=C(CCCCl)c1c(Cl)cc(Cl)cc1Cl. The van der Waals surface area contributed by atoms with Gasteiger partial charge in [-0.1, -0.05) is 34.8 Å². The van der Waals surface area contributed by atoms with Crippen molar-refractivity contribution in [1.82, 2.24) is 0 Å². The maximum absolute atomic E-state index is 11.7. The van der Waals surface area contributed by atoms with Crippen LogP contribution in [0.4, 0.5) is 0 Å². The number of carbonyl (C=O) groups excluding carboxylic acids is 1. The lowest BCUT2D eigenvalue weighted by molar-refractivity contribution is 0.0982. The van der Waals surface area contributed by atoms with E-state index in [2.05, 4.69) is 0 Å². The fourth-order valence-corrected chi connectivity index (χ4v) is 2.32. The Morgan fingerprint density at radius 2 is 1.67 bits per heavy atom. The number of alkyl halides is 1. The number of rotatable bonds is 4. The topological polar surface area (TPSA) is 17.1 Å². The van der Waals surface area contributed by atoms with Crippen LogP contribution in [0.2, 0.25) is 15.1 Å². The summed E-state index contributed by atoms with van der Waals surface area (Å²) in [5.41, 5.74) is 0.327. The molecule has 0 bridgehead atoms. The summed E-state index contributed by atoms with van der Waals surface area (Å²) in [7, 11) is 0. The molecule has 0 atom stereocenters. The van der Waals surface area contributed by atoms with Crippen LogP contribution >= 0.6 is 46.4 Å². The van der Waals surface area contributed by atoms with Gasteiger partial charge in [-0.25, -0.2) is 0 Å². The largest absolute Gasteiger partial charge is 0.294 e. The van der Waals surface area contributed by atoms with Crippen LogP contribution in [0.5, 0.6) is 0 Å². The first-order chi connectivity index (χ1) is 7.06. The van der Waals surface area contributed by atoms with Gasteiger partial charge in [0, 0.05) is 17.3 Å². The Labute approximate surface area is 108 Å². The van der Waals surface area contributed by atoms with Gasteiger partial charge < -0.3 is 0 Å². The molecule has 0 aliphatic rings. The van der Waals surface area contributed by atoms with Gasteiger partial charge >= 0.3 is 0 Å². The van der Waals surface area contributed by atoms with E-state index in [0.29, 0.717) is 29.3 Å². The number of benzene rings is 1. The van der Waals surface area contributed by atoms with Gasteiger partial charge in [-0.2, -0.15) is 0 Å². The highest BCUT2D eigenvalue weighted by atomic mass is 35.5. The summed E-state index contributed by atoms with van der Waals surface area (Å²) in [6.07, 6.45) is 0.945. The summed E-state index contributed by atoms with van der Waals surface area (Å²) in [6.45, 7) is 0. The van der Waals surface area contributed by atoms with Crippen molar-refractivity contribution in [1.29, 1.82) is 0 Å². The summed E-state index contributed by atoms with van der Waals surface area (Å²) >= 11 is 23.0. The van der Waals surface area contributed by atoms with Gasteiger partial charge in [0.05, 0.1) is 15.6 Å². The van der Waals surface area contributed by atoms with Gasteiger partial charge in [0.25, 0.3) is 0 Å². The molecule has 0 spiro atoms. The molecule has 5 heteroatoms. The lowest BCUT2D eigenvalue weighted by Gasteiger charge is -2.05. The smallest absolute Gasteiger partial charge is 0.165 e. The number of hydrogen-bond donors (Lipinski definition) is 0. The second-order valence-electron chi connectivity index (χ2n) is 2.96. The van der Waals surface area contributed by atoms with Crippen LogP contribution in [-0.2, 0) is 0 Å². The van der Waals surface area contributed by atoms with Gasteiger partial charge in [0.2, 0.25) is 0 Å². The molecule has 1 aromatic carbocycles. The van der Waals surface area contributed by atoms with Crippen molar-refractivity contribution < 1.29 is 4.79 Å². The molecule has 0 radical (unpaired) electrons. The second kappa shape index (κ2) is 5.95. The summed E-state index contributed by atoms with van der Waals surface area (Å²) in [5, 5.41) is 0.984. The molecule has 1 aromatic rings. The molecule has 0 amide bonds. The number of carbonyl (C=O) groups is 1. The van der Waals surface area contributed by atoms with Gasteiger partial charge in [-0.15, -0.1) is 11.6 Å². The zero-order valence-electron chi connectivity index (χ0n) is 7.70. The van der Waals surface area contributed by atoms with E-state index < -0.39 is 0 Å². The molecular formula is C10H8Cl4O. The molecule has 0 saturated carbocycles. The molecule has 0 fully saturated rings. The van der Waals surface area contributed by atoms with Crippen LogP contribution in [0, 0.1) is 0 Å². The minimum atomic E-state index is -0.109. The van der Waals surface area contributed by atoms with Gasteiger partial charge in [0.15, 0.2) is 5.78 Å². The Bertz CT molecular complexity index is 353. The summed E-state index contributed by atoms with van der Waals surface area (Å²) in [4.78, 5) is 11.7. The average Bonchev–Trinajstić information content (AvgIpc) is 2.12. The predicted octanol–water partition coefficient (Wildman–Crippen LogP) is 4.85. The van der Waals surface area contributed by atoms with E-state index in [-0.39, 0.29) is 15.8 Å². The van der Waals surface area contributed by atoms with E-state index in [4.69, 9.17) is 46.4 Å². The Morgan fingerprint density at radius 3 is 2.13 bits per heavy atom. The van der Waals surface area contributed by atoms with Crippen molar-refractivity contribution in [3.05, 3.63) is 32.8 Å². The monoisotopic (exact) mass is 284 g/mol. The quantitative estimate of drug-likeness (QED) is 0.571. The maximum atomic E-state index is 11.7. The molecule has 0 saturated heterocycles. The fraction of sp³-hybridized carbons (Fsp3) is 0.300. The van der Waals surface area contributed by atoms with Crippen LogP contribution < -0.4 is 0 Å². The molecule has 1 nitrogen and oxygen atoms in total. The van der Waals surface area contributed by atoms with Crippen LogP contribution in [-0.4, -0.2) is 11.7 Å². The van der Waals surface area contributed by atoms with Crippen molar-refractivity contribution in [2.75, 3.05) is 5.88 Å². The summed E-state index contributed by atoms with van der Waals surface area (Å²) in [6, 6.07) is 3.01. The molecule has 1 rings (SSSR count). The average molecular weight is 286 g/mol. The first kappa shape index (κ1) is 13.1. The minimum Gasteiger partial charge on any atom is -0.294 e. The molecule has 0 aromatic heterocycles. The zero-order chi connectivity index (χ0) is 11.4. The molecule has 0 unspecified atom stereocenters. The van der Waals surface area contributed by atoms with E-state index in [0.717, 1.165) is 0 Å². The van der Waals surface area contributed by atoms with Crippen LogP contribution in [0.15, 0.2) is 12.1 Å². The Balaban J connectivity index is 2.98. The number of hydrogen-bond acceptors (Lipinski definition) is 1. The van der Waals surface area contributed by atoms with Crippen molar-refractivity contribution >= 4 is 52.2 Å². The third-order valence-corrected chi connectivity index (χ3v) is 2.90. The second-order valence-corrected chi connectivity index (χ2v) is 4.59. The Morgan fingerprint density at radius 1 is 1.13 bits per heavy atom. The molecule has 0 aliphatic heterocycles. The highest BCUT2D eigenvalue weighted by Crippen LogP contribution is 2.30. The van der Waals surface area contributed by atoms with E-state index in [1.165, 1.54) is 12.1 Å². The maximum Gasteiger partial charge on any atom is 0.165 e. The first-order valence-electron chi connectivity index (χ1n) is 4.30. The highest BCUT2D eigenvalue weighted by molar-refractivity contribution is 6.42. The van der Waals surface area contributed by atoms with Crippen LogP contribution in [0.3, 0.4) is 0 Å². The number of ketones is 1. The predicted molar refractivity (Wildman–Crippen MR) is 65.8 cm³/mol. The van der Waals surface area contributed by atoms with Crippen molar-refractivity contribution in [3.8, 4) is 0 Å². The van der Waals surface area contributed by atoms with E-state index in [9.17, 15) is 4.79 Å². The molecule has 0 heterocycles. The van der Waals surface area contributed by atoms with Crippen molar-refractivity contribution in [3.63, 3.8) is 0 Å². The van der Waals surface area contributed by atoms with Gasteiger partial charge in [0.1, 0.15) is 0 Å². The lowest BCUT2D eigenvalue weighted by atomic mass is 10.1. The standard InChI is InChI=1S/C10H8Cl4O/c11-3-1-2-9(15)10-7(13)4-6(12)5-8(10)14/h4-5H,1-3H2. The fourth-order valence-electron chi connectivity index (χ4n) is 1.16. The minimum absolute atomic E-state index is 0.109. The molecular weight excluding hydrogens is 278 g/mol. The summed E-state index contributed by atoms with van der Waals surface area (Å²) in [5.74, 6) is 0.330. The van der Waals surface area contributed by atoms with E-state index in [1.807, 2.05) is 0 Å². The van der Waals surface area contributed by atoms with Crippen molar-refractivity contribution in [2.45, 2.75) is 12.8 Å². The normalized spacial score (nSPS) is 10.4. The van der Waals surface area contributed by atoms with Gasteiger partial charge in [-0.05, 0) is 18.6 Å². The van der Waals surface area contributed by atoms with E-state index in [1.54, 1.807) is 0 Å². The Hall–Kier alpha value is 0.0500. The lowest BCUT2D eigenvalue weighted by Crippen LogP contribution is -2.01.